The van der Waals surface area contributed by atoms with Crippen LogP contribution in [0.4, 0.5) is 5.69 Å². The normalized spacial score (nSPS) is 10.9. The van der Waals surface area contributed by atoms with Gasteiger partial charge in [-0.15, -0.1) is 0 Å². The molecule has 2 aromatic carbocycles. The summed E-state index contributed by atoms with van der Waals surface area (Å²) in [6.45, 7) is 4.83. The van der Waals surface area contributed by atoms with E-state index in [4.69, 9.17) is 4.42 Å². The first kappa shape index (κ1) is 15.3. The van der Waals surface area contributed by atoms with Gasteiger partial charge in [-0.05, 0) is 47.7 Å². The maximum atomic E-state index is 11.8. The monoisotopic (exact) mass is 307 g/mol. The molecule has 0 saturated carbocycles. The molecule has 0 bridgehead atoms. The fourth-order valence-electron chi connectivity index (χ4n) is 2.70. The molecule has 1 heterocycles. The average Bonchev–Trinajstić information content (AvgIpc) is 2.59. The lowest BCUT2D eigenvalue weighted by atomic mass is 10.1. The summed E-state index contributed by atoms with van der Waals surface area (Å²) < 4.78 is 5.34. The zero-order chi connectivity index (χ0) is 16.2. The molecule has 0 fully saturated rings. The lowest BCUT2D eigenvalue weighted by Crippen LogP contribution is -2.06. The minimum Gasteiger partial charge on any atom is -0.423 e. The fraction of sp³-hybridized carbons (Fsp3) is 0.250. The molecule has 0 aliphatic carbocycles. The first-order valence-corrected chi connectivity index (χ1v) is 8.08. The first-order chi connectivity index (χ1) is 11.2. The summed E-state index contributed by atoms with van der Waals surface area (Å²) in [5.41, 5.74) is 4.85. The Morgan fingerprint density at radius 2 is 1.61 bits per heavy atom. The predicted octanol–water partition coefficient (Wildman–Crippen LogP) is 4.53. The summed E-state index contributed by atoms with van der Waals surface area (Å²) in [7, 11) is 0. The van der Waals surface area contributed by atoms with Crippen molar-refractivity contribution in [1.29, 1.82) is 0 Å². The van der Waals surface area contributed by atoms with Gasteiger partial charge < -0.3 is 9.73 Å². The van der Waals surface area contributed by atoms with Crippen molar-refractivity contribution in [1.82, 2.24) is 0 Å². The van der Waals surface area contributed by atoms with Gasteiger partial charge in [0.15, 0.2) is 0 Å². The number of nitrogens with one attached hydrogen (secondary N) is 1. The minimum absolute atomic E-state index is 0.302. The van der Waals surface area contributed by atoms with E-state index >= 15 is 0 Å². The van der Waals surface area contributed by atoms with Gasteiger partial charge in [0.2, 0.25) is 0 Å². The Balaban J connectivity index is 1.88. The molecule has 0 saturated heterocycles. The maximum Gasteiger partial charge on any atom is 0.336 e. The van der Waals surface area contributed by atoms with Crippen LogP contribution in [0.15, 0.2) is 57.7 Å². The molecule has 3 aromatic rings. The zero-order valence-corrected chi connectivity index (χ0v) is 13.6. The molecule has 3 nitrogen and oxygen atoms in total. The molecule has 0 amide bonds. The summed E-state index contributed by atoms with van der Waals surface area (Å²) in [4.78, 5) is 11.8. The quantitative estimate of drug-likeness (QED) is 0.704. The number of hydrogen-bond acceptors (Lipinski definition) is 3. The second-order valence-corrected chi connectivity index (χ2v) is 5.68. The van der Waals surface area contributed by atoms with Crippen LogP contribution in [0.1, 0.15) is 30.5 Å². The molecule has 23 heavy (non-hydrogen) atoms. The van der Waals surface area contributed by atoms with Crippen molar-refractivity contribution in [3.05, 3.63) is 75.6 Å². The van der Waals surface area contributed by atoms with Crippen LogP contribution in [0.5, 0.6) is 0 Å². The van der Waals surface area contributed by atoms with Crippen molar-refractivity contribution >= 4 is 16.7 Å². The van der Waals surface area contributed by atoms with Crippen molar-refractivity contribution in [2.75, 3.05) is 5.32 Å². The van der Waals surface area contributed by atoms with Crippen LogP contribution in [0, 0.1) is 0 Å². The third-order valence-corrected chi connectivity index (χ3v) is 4.15. The van der Waals surface area contributed by atoms with Crippen LogP contribution in [0.3, 0.4) is 0 Å². The van der Waals surface area contributed by atoms with Gasteiger partial charge in [-0.2, -0.15) is 0 Å². The van der Waals surface area contributed by atoms with E-state index in [9.17, 15) is 4.79 Å². The highest BCUT2D eigenvalue weighted by atomic mass is 16.4. The van der Waals surface area contributed by atoms with E-state index in [0.717, 1.165) is 29.5 Å². The number of anilines is 1. The number of hydrogen-bond donors (Lipinski definition) is 1. The van der Waals surface area contributed by atoms with Crippen LogP contribution < -0.4 is 10.9 Å². The van der Waals surface area contributed by atoms with Gasteiger partial charge in [0.1, 0.15) is 5.58 Å². The van der Waals surface area contributed by atoms with Crippen molar-refractivity contribution in [2.24, 2.45) is 0 Å². The SMILES string of the molecule is CCc1ccc(NCc2cc(=O)oc3cc(CC)ccc23)cc1. The van der Waals surface area contributed by atoms with E-state index in [1.807, 2.05) is 12.1 Å². The standard InChI is InChI=1S/C20H21NO2/c1-3-14-5-8-17(9-6-14)21-13-16-12-20(22)23-19-11-15(4-2)7-10-18(16)19/h5-12,21H,3-4,13H2,1-2H3. The van der Waals surface area contributed by atoms with Crippen molar-refractivity contribution in [2.45, 2.75) is 33.2 Å². The highest BCUT2D eigenvalue weighted by molar-refractivity contribution is 5.81. The molecule has 0 unspecified atom stereocenters. The van der Waals surface area contributed by atoms with E-state index < -0.39 is 0 Å². The van der Waals surface area contributed by atoms with E-state index in [0.29, 0.717) is 12.1 Å². The Hall–Kier alpha value is -2.55. The Bertz CT molecular complexity index is 863. The molecule has 3 rings (SSSR count). The summed E-state index contributed by atoms with van der Waals surface area (Å²) >= 11 is 0. The third kappa shape index (κ3) is 3.45. The van der Waals surface area contributed by atoms with Crippen molar-refractivity contribution < 1.29 is 4.42 Å². The Labute approximate surface area is 136 Å². The fourth-order valence-corrected chi connectivity index (χ4v) is 2.70. The maximum absolute atomic E-state index is 11.8. The van der Waals surface area contributed by atoms with E-state index in [1.165, 1.54) is 11.1 Å². The second-order valence-electron chi connectivity index (χ2n) is 5.68. The van der Waals surface area contributed by atoms with Gasteiger partial charge in [-0.1, -0.05) is 38.1 Å². The Morgan fingerprint density at radius 1 is 0.913 bits per heavy atom. The van der Waals surface area contributed by atoms with Gasteiger partial charge in [0, 0.05) is 23.7 Å². The van der Waals surface area contributed by atoms with Gasteiger partial charge in [-0.25, -0.2) is 4.79 Å². The van der Waals surface area contributed by atoms with Crippen LogP contribution in [0.25, 0.3) is 11.0 Å². The zero-order valence-electron chi connectivity index (χ0n) is 13.6. The van der Waals surface area contributed by atoms with Crippen LogP contribution in [0.2, 0.25) is 0 Å². The smallest absolute Gasteiger partial charge is 0.336 e. The van der Waals surface area contributed by atoms with E-state index in [2.05, 4.69) is 49.5 Å². The summed E-state index contributed by atoms with van der Waals surface area (Å²) in [5.74, 6) is 0. The Kier molecular flexibility index (Phi) is 4.47. The molecule has 3 heteroatoms. The number of benzene rings is 2. The average molecular weight is 307 g/mol. The first-order valence-electron chi connectivity index (χ1n) is 8.08. The molecular formula is C20H21NO2. The molecule has 0 radical (unpaired) electrons. The second kappa shape index (κ2) is 6.69. The van der Waals surface area contributed by atoms with E-state index in [1.54, 1.807) is 6.07 Å². The number of rotatable bonds is 5. The van der Waals surface area contributed by atoms with Gasteiger partial charge >= 0.3 is 5.63 Å². The molecule has 1 aromatic heterocycles. The summed E-state index contributed by atoms with van der Waals surface area (Å²) in [6, 6.07) is 16.0. The minimum atomic E-state index is -0.302. The highest BCUT2D eigenvalue weighted by Gasteiger charge is 2.06. The van der Waals surface area contributed by atoms with Gasteiger partial charge in [0.25, 0.3) is 0 Å². The predicted molar refractivity (Wildman–Crippen MR) is 95.0 cm³/mol. The van der Waals surface area contributed by atoms with E-state index in [-0.39, 0.29) is 5.63 Å². The molecule has 0 aliphatic heterocycles. The third-order valence-electron chi connectivity index (χ3n) is 4.15. The number of fused-ring (bicyclic) bond motifs is 1. The lowest BCUT2D eigenvalue weighted by Gasteiger charge is -2.10. The van der Waals surface area contributed by atoms with Crippen LogP contribution in [-0.4, -0.2) is 0 Å². The lowest BCUT2D eigenvalue weighted by molar-refractivity contribution is 0.559. The molecule has 118 valence electrons. The molecule has 0 aliphatic rings. The Morgan fingerprint density at radius 3 is 2.30 bits per heavy atom. The molecule has 0 spiro atoms. The van der Waals surface area contributed by atoms with Gasteiger partial charge in [-0.3, -0.25) is 0 Å². The molecule has 1 N–H and O–H groups in total. The summed E-state index contributed by atoms with van der Waals surface area (Å²) in [6.07, 6.45) is 1.95. The van der Waals surface area contributed by atoms with Gasteiger partial charge in [0.05, 0.1) is 0 Å². The van der Waals surface area contributed by atoms with Crippen molar-refractivity contribution in [3.63, 3.8) is 0 Å². The molecule has 0 atom stereocenters. The highest BCUT2D eigenvalue weighted by Crippen LogP contribution is 2.20. The largest absolute Gasteiger partial charge is 0.423 e. The number of aryl methyl sites for hydroxylation is 2. The van der Waals surface area contributed by atoms with Crippen molar-refractivity contribution in [3.8, 4) is 0 Å². The van der Waals surface area contributed by atoms with Crippen LogP contribution >= 0.6 is 0 Å². The van der Waals surface area contributed by atoms with Crippen LogP contribution in [-0.2, 0) is 19.4 Å². The topological polar surface area (TPSA) is 42.2 Å². The molecular weight excluding hydrogens is 286 g/mol. The summed E-state index contributed by atoms with van der Waals surface area (Å²) in [5, 5.41) is 4.37.